The van der Waals surface area contributed by atoms with E-state index >= 15 is 0 Å². The third-order valence-electron chi connectivity index (χ3n) is 8.50. The number of rotatable bonds is 3. The maximum Gasteiger partial charge on any atom is 0.410 e. The van der Waals surface area contributed by atoms with Crippen LogP contribution in [0.1, 0.15) is 80.5 Å². The zero-order valence-corrected chi connectivity index (χ0v) is 24.0. The SMILES string of the molecule is Cc1c(-c2[nH]c3sc(C45CCN(C(=O)OC(C)(C)C)CC4C5)c(C)c3c2C(C)C)cn2ncnc2c1C. The number of piperidine rings is 1. The molecule has 1 saturated carbocycles. The number of hydrogen-bond acceptors (Lipinski definition) is 5. The lowest BCUT2D eigenvalue weighted by Crippen LogP contribution is -2.43. The number of thiophene rings is 1. The molecule has 2 aliphatic rings. The molecule has 1 aliphatic carbocycles. The molecule has 2 atom stereocenters. The number of aromatic amines is 1. The lowest BCUT2D eigenvalue weighted by molar-refractivity contribution is 0.0199. The maximum atomic E-state index is 12.7. The highest BCUT2D eigenvalue weighted by Gasteiger charge is 2.60. The van der Waals surface area contributed by atoms with Crippen LogP contribution in [0.15, 0.2) is 12.5 Å². The summed E-state index contributed by atoms with van der Waals surface area (Å²) in [6.45, 7) is 18.5. The second kappa shape index (κ2) is 8.06. The number of H-pyrrole nitrogens is 1. The van der Waals surface area contributed by atoms with Gasteiger partial charge in [-0.2, -0.15) is 5.10 Å². The Morgan fingerprint density at radius 1 is 1.22 bits per heavy atom. The number of amides is 1. The predicted octanol–water partition coefficient (Wildman–Crippen LogP) is 6.89. The van der Waals surface area contributed by atoms with Crippen LogP contribution in [0, 0.1) is 26.7 Å². The third-order valence-corrected chi connectivity index (χ3v) is 9.93. The van der Waals surface area contributed by atoms with Crippen LogP contribution in [-0.4, -0.2) is 49.3 Å². The molecule has 1 amide bonds. The summed E-state index contributed by atoms with van der Waals surface area (Å²) in [5, 5.41) is 5.81. The Morgan fingerprint density at radius 2 is 1.97 bits per heavy atom. The fourth-order valence-electron chi connectivity index (χ4n) is 6.45. The first kappa shape index (κ1) is 24.5. The van der Waals surface area contributed by atoms with Gasteiger partial charge in [0.25, 0.3) is 0 Å². The topological polar surface area (TPSA) is 75.5 Å². The average Bonchev–Trinajstić information content (AvgIpc) is 3.08. The molecule has 1 N–H and O–H groups in total. The lowest BCUT2D eigenvalue weighted by Gasteiger charge is -2.33. The van der Waals surface area contributed by atoms with Crippen molar-refractivity contribution in [2.24, 2.45) is 5.92 Å². The Kier molecular flexibility index (Phi) is 5.33. The van der Waals surface area contributed by atoms with E-state index in [4.69, 9.17) is 4.74 Å². The number of likely N-dealkylation sites (tertiary alicyclic amines) is 1. The summed E-state index contributed by atoms with van der Waals surface area (Å²) in [7, 11) is 0. The first-order chi connectivity index (χ1) is 17.4. The first-order valence-corrected chi connectivity index (χ1v) is 14.2. The van der Waals surface area contributed by atoms with Crippen LogP contribution < -0.4 is 0 Å². The summed E-state index contributed by atoms with van der Waals surface area (Å²) in [5.74, 6) is 0.884. The largest absolute Gasteiger partial charge is 0.444 e. The van der Waals surface area contributed by atoms with Gasteiger partial charge in [0, 0.05) is 40.5 Å². The fraction of sp³-hybridized carbons (Fsp3) is 0.552. The quantitative estimate of drug-likeness (QED) is 0.320. The van der Waals surface area contributed by atoms with Gasteiger partial charge in [0.15, 0.2) is 5.65 Å². The van der Waals surface area contributed by atoms with Crippen LogP contribution in [0.4, 0.5) is 4.79 Å². The molecule has 0 aromatic carbocycles. The van der Waals surface area contributed by atoms with Crippen molar-refractivity contribution in [3.63, 3.8) is 0 Å². The van der Waals surface area contributed by atoms with E-state index in [1.807, 2.05) is 41.5 Å². The van der Waals surface area contributed by atoms with E-state index in [2.05, 4.69) is 55.9 Å². The molecular weight excluding hydrogens is 482 g/mol. The number of ether oxygens (including phenoxy) is 1. The Balaban J connectivity index is 1.37. The lowest BCUT2D eigenvalue weighted by atomic mass is 9.88. The smallest absolute Gasteiger partial charge is 0.410 e. The highest BCUT2D eigenvalue weighted by Crippen LogP contribution is 2.63. The third kappa shape index (κ3) is 3.70. The molecule has 196 valence electrons. The number of nitrogens with one attached hydrogen (secondary N) is 1. The number of aromatic nitrogens is 4. The van der Waals surface area contributed by atoms with Crippen LogP contribution >= 0.6 is 11.3 Å². The zero-order chi connectivity index (χ0) is 26.4. The number of carbonyl (C=O) groups is 1. The van der Waals surface area contributed by atoms with Crippen molar-refractivity contribution in [3.8, 4) is 11.3 Å². The van der Waals surface area contributed by atoms with Crippen LogP contribution in [0.2, 0.25) is 0 Å². The molecule has 37 heavy (non-hydrogen) atoms. The molecule has 2 fully saturated rings. The monoisotopic (exact) mass is 519 g/mol. The van der Waals surface area contributed by atoms with Gasteiger partial charge in [-0.15, -0.1) is 11.3 Å². The van der Waals surface area contributed by atoms with Gasteiger partial charge < -0.3 is 14.6 Å². The summed E-state index contributed by atoms with van der Waals surface area (Å²) < 4.78 is 7.54. The Hall–Kier alpha value is -2.87. The van der Waals surface area contributed by atoms with Gasteiger partial charge in [-0.1, -0.05) is 13.8 Å². The van der Waals surface area contributed by atoms with Gasteiger partial charge in [-0.05, 0) is 88.5 Å². The number of aryl methyl sites for hydroxylation is 2. The average molecular weight is 520 g/mol. The van der Waals surface area contributed by atoms with Gasteiger partial charge in [-0.3, -0.25) is 0 Å². The van der Waals surface area contributed by atoms with Crippen molar-refractivity contribution in [1.82, 2.24) is 24.5 Å². The van der Waals surface area contributed by atoms with Crippen LogP contribution in [0.25, 0.3) is 27.1 Å². The predicted molar refractivity (Wildman–Crippen MR) is 149 cm³/mol. The molecule has 7 nitrogen and oxygen atoms in total. The van der Waals surface area contributed by atoms with Crippen molar-refractivity contribution in [2.75, 3.05) is 13.1 Å². The van der Waals surface area contributed by atoms with Gasteiger partial charge in [0.05, 0.1) is 5.69 Å². The van der Waals surface area contributed by atoms with E-state index in [0.717, 1.165) is 37.1 Å². The number of carbonyl (C=O) groups excluding carboxylic acids is 1. The number of fused-ring (bicyclic) bond motifs is 3. The standard InChI is InChI=1S/C29H37N5O2S/c1-15(2)21-22-18(5)24(29-9-10-33(12-19(29)11-29)27(35)36-28(6,7)8)37-26(22)32-23(21)20-13-34-25(30-14-31-34)17(4)16(20)3/h13-15,19,32H,9-12H2,1-8H3. The van der Waals surface area contributed by atoms with Gasteiger partial charge in [0.2, 0.25) is 0 Å². The van der Waals surface area contributed by atoms with Crippen molar-refractivity contribution >= 4 is 33.3 Å². The Labute approximate surface area is 222 Å². The molecule has 1 saturated heterocycles. The molecule has 4 aromatic rings. The van der Waals surface area contributed by atoms with E-state index in [0.29, 0.717) is 11.8 Å². The summed E-state index contributed by atoms with van der Waals surface area (Å²) >= 11 is 1.93. The second-order valence-electron chi connectivity index (χ2n) is 12.4. The molecule has 2 unspecified atom stereocenters. The van der Waals surface area contributed by atoms with Crippen LogP contribution in [-0.2, 0) is 10.2 Å². The molecule has 5 heterocycles. The molecular formula is C29H37N5O2S. The molecule has 0 spiro atoms. The van der Waals surface area contributed by atoms with Crippen molar-refractivity contribution in [1.29, 1.82) is 0 Å². The van der Waals surface area contributed by atoms with Crippen LogP contribution in [0.3, 0.4) is 0 Å². The van der Waals surface area contributed by atoms with E-state index in [-0.39, 0.29) is 11.5 Å². The van der Waals surface area contributed by atoms with Gasteiger partial charge in [-0.25, -0.2) is 14.3 Å². The van der Waals surface area contributed by atoms with Crippen molar-refractivity contribution in [2.45, 2.75) is 85.2 Å². The summed E-state index contributed by atoms with van der Waals surface area (Å²) in [4.78, 5) is 25.7. The first-order valence-electron chi connectivity index (χ1n) is 13.3. The van der Waals surface area contributed by atoms with Crippen molar-refractivity contribution < 1.29 is 9.53 Å². The second-order valence-corrected chi connectivity index (χ2v) is 13.4. The van der Waals surface area contributed by atoms with Gasteiger partial charge >= 0.3 is 6.09 Å². The minimum atomic E-state index is -0.460. The highest BCUT2D eigenvalue weighted by atomic mass is 32.1. The highest BCUT2D eigenvalue weighted by molar-refractivity contribution is 7.19. The van der Waals surface area contributed by atoms with E-state index in [9.17, 15) is 4.79 Å². The Bertz CT molecular complexity index is 1550. The molecule has 0 bridgehead atoms. The number of hydrogen-bond donors (Lipinski definition) is 1. The maximum absolute atomic E-state index is 12.7. The minimum Gasteiger partial charge on any atom is -0.444 e. The van der Waals surface area contributed by atoms with E-state index in [1.165, 1.54) is 43.0 Å². The summed E-state index contributed by atoms with van der Waals surface area (Å²) in [5.41, 5.74) is 8.25. The molecule has 0 radical (unpaired) electrons. The van der Waals surface area contributed by atoms with Crippen LogP contribution in [0.5, 0.6) is 0 Å². The Morgan fingerprint density at radius 3 is 2.65 bits per heavy atom. The number of nitrogens with zero attached hydrogens (tertiary/aromatic N) is 4. The summed E-state index contributed by atoms with van der Waals surface area (Å²) in [6, 6.07) is 0. The van der Waals surface area contributed by atoms with Gasteiger partial charge in [0.1, 0.15) is 16.8 Å². The molecule has 4 aromatic heterocycles. The summed E-state index contributed by atoms with van der Waals surface area (Å²) in [6.07, 6.45) is 5.72. The zero-order valence-electron chi connectivity index (χ0n) is 23.2. The van der Waals surface area contributed by atoms with Crippen molar-refractivity contribution in [3.05, 3.63) is 39.7 Å². The fourth-order valence-corrected chi connectivity index (χ4v) is 7.99. The molecule has 1 aliphatic heterocycles. The number of pyridine rings is 1. The van der Waals surface area contributed by atoms with E-state index in [1.54, 1.807) is 6.33 Å². The minimum absolute atomic E-state index is 0.176. The molecule has 6 rings (SSSR count). The molecule has 8 heteroatoms. The van der Waals surface area contributed by atoms with E-state index < -0.39 is 5.60 Å². The normalized spacial score (nSPS) is 21.8.